The Labute approximate surface area is 240 Å². The monoisotopic (exact) mass is 580 g/mol. The molecule has 1 aliphatic rings. The fourth-order valence-electron chi connectivity index (χ4n) is 4.33. The first kappa shape index (κ1) is 27.4. The molecule has 10 nitrogen and oxygen atoms in total. The van der Waals surface area contributed by atoms with Crippen LogP contribution in [0.15, 0.2) is 42.6 Å². The van der Waals surface area contributed by atoms with Crippen LogP contribution in [0.25, 0.3) is 28.3 Å². The number of aromatic nitrogens is 4. The van der Waals surface area contributed by atoms with Crippen molar-refractivity contribution in [3.8, 4) is 39.8 Å². The van der Waals surface area contributed by atoms with Crippen molar-refractivity contribution < 1.29 is 19.1 Å². The van der Waals surface area contributed by atoms with Gasteiger partial charge in [-0.15, -0.1) is 0 Å². The molecule has 12 heteroatoms. The van der Waals surface area contributed by atoms with Crippen LogP contribution < -0.4 is 15.2 Å². The molecule has 206 valence electrons. The number of nitrogens with zero attached hydrogens (tertiary/aromatic N) is 5. The van der Waals surface area contributed by atoms with Crippen LogP contribution in [0.5, 0.6) is 11.5 Å². The van der Waals surface area contributed by atoms with Gasteiger partial charge in [-0.2, -0.15) is 5.10 Å². The number of rotatable bonds is 5. The van der Waals surface area contributed by atoms with Gasteiger partial charge in [-0.1, -0.05) is 23.2 Å². The largest absolute Gasteiger partial charge is 0.496 e. The van der Waals surface area contributed by atoms with Crippen LogP contribution in [-0.4, -0.2) is 56.2 Å². The molecule has 2 aromatic carbocycles. The Balaban J connectivity index is 1.79. The van der Waals surface area contributed by atoms with Gasteiger partial charge < -0.3 is 20.1 Å². The van der Waals surface area contributed by atoms with Gasteiger partial charge in [0, 0.05) is 46.0 Å². The molecule has 0 saturated heterocycles. The van der Waals surface area contributed by atoms with E-state index >= 15 is 0 Å². The summed E-state index contributed by atoms with van der Waals surface area (Å²) in [7, 11) is 3.24. The van der Waals surface area contributed by atoms with E-state index in [0.29, 0.717) is 49.6 Å². The Hall–Kier alpha value is -4.15. The number of hydrogen-bond donors (Lipinski definition) is 1. The molecule has 0 atom stereocenters. The molecule has 1 aliphatic heterocycles. The SMILES string of the molecule is COc1cc2c(cc1-c1nccc(C(N)=O)n1)-c1c(c(C(=O)N(C)C(C)(C)C)nn1-c1cc(Cl)cc(Cl)c1)CO2. The van der Waals surface area contributed by atoms with Gasteiger partial charge in [0.05, 0.1) is 24.1 Å². The van der Waals surface area contributed by atoms with E-state index < -0.39 is 11.4 Å². The average Bonchev–Trinajstić information content (AvgIpc) is 3.30. The van der Waals surface area contributed by atoms with Gasteiger partial charge in [-0.05, 0) is 51.1 Å². The van der Waals surface area contributed by atoms with Gasteiger partial charge in [0.1, 0.15) is 23.8 Å². The van der Waals surface area contributed by atoms with Gasteiger partial charge in [0.2, 0.25) is 0 Å². The maximum Gasteiger partial charge on any atom is 0.274 e. The third-order valence-corrected chi connectivity index (χ3v) is 7.10. The highest BCUT2D eigenvalue weighted by Gasteiger charge is 2.35. The van der Waals surface area contributed by atoms with Crippen LogP contribution in [-0.2, 0) is 6.61 Å². The third-order valence-electron chi connectivity index (χ3n) is 6.67. The lowest BCUT2D eigenvalue weighted by atomic mass is 9.98. The highest BCUT2D eigenvalue weighted by atomic mass is 35.5. The molecule has 40 heavy (non-hydrogen) atoms. The second kappa shape index (κ2) is 10.1. The van der Waals surface area contributed by atoms with Gasteiger partial charge in [-0.3, -0.25) is 9.59 Å². The van der Waals surface area contributed by atoms with Gasteiger partial charge in [0.25, 0.3) is 11.8 Å². The van der Waals surface area contributed by atoms with Crippen molar-refractivity contribution in [3.63, 3.8) is 0 Å². The number of hydrogen-bond acceptors (Lipinski definition) is 7. The van der Waals surface area contributed by atoms with Gasteiger partial charge in [-0.25, -0.2) is 14.6 Å². The summed E-state index contributed by atoms with van der Waals surface area (Å²) in [5.74, 6) is 0.187. The van der Waals surface area contributed by atoms with Crippen molar-refractivity contribution in [2.24, 2.45) is 5.73 Å². The smallest absolute Gasteiger partial charge is 0.274 e. The Bertz CT molecular complexity index is 1660. The van der Waals surface area contributed by atoms with Crippen molar-refractivity contribution in [2.75, 3.05) is 14.2 Å². The normalized spacial score (nSPS) is 12.3. The van der Waals surface area contributed by atoms with Crippen LogP contribution >= 0.6 is 23.2 Å². The first-order chi connectivity index (χ1) is 18.9. The minimum atomic E-state index is -0.687. The first-order valence-corrected chi connectivity index (χ1v) is 13.0. The molecule has 0 fully saturated rings. The molecule has 2 amide bonds. The predicted octanol–water partition coefficient (Wildman–Crippen LogP) is 5.17. The molecule has 0 saturated carbocycles. The van der Waals surface area contributed by atoms with E-state index in [2.05, 4.69) is 9.97 Å². The maximum absolute atomic E-state index is 13.7. The van der Waals surface area contributed by atoms with Gasteiger partial charge in [0.15, 0.2) is 11.5 Å². The van der Waals surface area contributed by atoms with E-state index in [1.54, 1.807) is 47.0 Å². The molecule has 0 radical (unpaired) electrons. The zero-order chi connectivity index (χ0) is 28.9. The second-order valence-electron chi connectivity index (χ2n) is 10.2. The Morgan fingerprint density at radius 3 is 2.42 bits per heavy atom. The lowest BCUT2D eigenvalue weighted by molar-refractivity contribution is 0.0646. The standard InChI is InChI=1S/C28H26Cl2N6O4/c1-28(2,3)35(4)27(38)23-19-13-40-22-12-21(39-5)18(26-32-7-6-20(33-26)25(31)37)11-17(22)24(19)36(34-23)16-9-14(29)8-15(30)10-16/h6-12H,13H2,1-5H3,(H2,31,37). The Kier molecular flexibility index (Phi) is 6.93. The summed E-state index contributed by atoms with van der Waals surface area (Å²) in [5, 5.41) is 5.58. The summed E-state index contributed by atoms with van der Waals surface area (Å²) in [6.45, 7) is 5.91. The number of nitrogens with two attached hydrogens (primary N) is 1. The zero-order valence-electron chi connectivity index (χ0n) is 22.5. The van der Waals surface area contributed by atoms with Crippen LogP contribution in [0.1, 0.15) is 47.3 Å². The minimum Gasteiger partial charge on any atom is -0.496 e. The number of halogens is 2. The van der Waals surface area contributed by atoms with Crippen molar-refractivity contribution in [1.82, 2.24) is 24.6 Å². The molecule has 0 bridgehead atoms. The molecule has 5 rings (SSSR count). The van der Waals surface area contributed by atoms with E-state index in [1.165, 1.54) is 19.4 Å². The number of carbonyl (C=O) groups is 2. The number of methoxy groups -OCH3 is 1. The quantitative estimate of drug-likeness (QED) is 0.345. The zero-order valence-corrected chi connectivity index (χ0v) is 24.0. The second-order valence-corrected chi connectivity index (χ2v) is 11.1. The van der Waals surface area contributed by atoms with Crippen LogP contribution in [0.3, 0.4) is 0 Å². The van der Waals surface area contributed by atoms with E-state index in [9.17, 15) is 9.59 Å². The molecule has 3 heterocycles. The summed E-state index contributed by atoms with van der Waals surface area (Å²) < 4.78 is 13.4. The highest BCUT2D eigenvalue weighted by Crippen LogP contribution is 2.46. The molecule has 0 aliphatic carbocycles. The lowest BCUT2D eigenvalue weighted by Gasteiger charge is -2.31. The number of amides is 2. The molecule has 4 aromatic rings. The first-order valence-electron chi connectivity index (χ1n) is 12.2. The molecular weight excluding hydrogens is 555 g/mol. The Morgan fingerprint density at radius 1 is 1.10 bits per heavy atom. The molecule has 0 spiro atoms. The lowest BCUT2D eigenvalue weighted by Crippen LogP contribution is -2.43. The molecule has 2 aromatic heterocycles. The van der Waals surface area contributed by atoms with Crippen molar-refractivity contribution in [3.05, 3.63) is 69.6 Å². The third kappa shape index (κ3) is 4.84. The van der Waals surface area contributed by atoms with Crippen LogP contribution in [0.4, 0.5) is 0 Å². The molecule has 2 N–H and O–H groups in total. The summed E-state index contributed by atoms with van der Waals surface area (Å²) >= 11 is 12.7. The maximum atomic E-state index is 13.7. The number of carbonyl (C=O) groups excluding carboxylic acids is 2. The van der Waals surface area contributed by atoms with Crippen molar-refractivity contribution in [1.29, 1.82) is 0 Å². The van der Waals surface area contributed by atoms with E-state index in [-0.39, 0.29) is 29.7 Å². The summed E-state index contributed by atoms with van der Waals surface area (Å²) in [6.07, 6.45) is 1.45. The predicted molar refractivity (Wildman–Crippen MR) is 151 cm³/mol. The Morgan fingerprint density at radius 2 is 1.80 bits per heavy atom. The van der Waals surface area contributed by atoms with Crippen LogP contribution in [0.2, 0.25) is 10.0 Å². The van der Waals surface area contributed by atoms with Crippen LogP contribution in [0, 0.1) is 0 Å². The molecular formula is C28H26Cl2N6O4. The minimum absolute atomic E-state index is 0.0541. The average molecular weight is 581 g/mol. The molecule has 0 unspecified atom stereocenters. The van der Waals surface area contributed by atoms with Crippen molar-refractivity contribution in [2.45, 2.75) is 32.9 Å². The topological polar surface area (TPSA) is 125 Å². The van der Waals surface area contributed by atoms with E-state index in [0.717, 1.165) is 0 Å². The number of primary amides is 1. The summed E-state index contributed by atoms with van der Waals surface area (Å²) in [4.78, 5) is 35.8. The number of benzene rings is 2. The van der Waals surface area contributed by atoms with Crippen molar-refractivity contribution >= 4 is 35.0 Å². The summed E-state index contributed by atoms with van der Waals surface area (Å²) in [6, 6.07) is 9.95. The highest BCUT2D eigenvalue weighted by molar-refractivity contribution is 6.34. The van der Waals surface area contributed by atoms with E-state index in [1.807, 2.05) is 20.8 Å². The summed E-state index contributed by atoms with van der Waals surface area (Å²) in [5.41, 5.74) is 8.13. The number of ether oxygens (including phenoxy) is 2. The number of fused-ring (bicyclic) bond motifs is 3. The fourth-order valence-corrected chi connectivity index (χ4v) is 4.85. The van der Waals surface area contributed by atoms with E-state index in [4.69, 9.17) is 43.5 Å². The fraction of sp³-hybridized carbons (Fsp3) is 0.250. The van der Waals surface area contributed by atoms with Gasteiger partial charge >= 0.3 is 0 Å².